The van der Waals surface area contributed by atoms with Crippen molar-refractivity contribution in [1.29, 1.82) is 0 Å². The first-order chi connectivity index (χ1) is 10.6. The fourth-order valence-corrected chi connectivity index (χ4v) is 3.07. The molecule has 0 aliphatic heterocycles. The van der Waals surface area contributed by atoms with Crippen molar-refractivity contribution in [1.82, 2.24) is 0 Å². The quantitative estimate of drug-likeness (QED) is 0.528. The van der Waals surface area contributed by atoms with Crippen molar-refractivity contribution >= 4 is 6.34 Å². The summed E-state index contributed by atoms with van der Waals surface area (Å²) in [5.41, 5.74) is 13.0. The van der Waals surface area contributed by atoms with E-state index in [1.165, 1.54) is 56.6 Å². The van der Waals surface area contributed by atoms with E-state index in [0.717, 1.165) is 6.42 Å². The molecule has 0 atom stereocenters. The van der Waals surface area contributed by atoms with E-state index in [0.29, 0.717) is 12.0 Å². The molecule has 0 aliphatic carbocycles. The third-order valence-corrected chi connectivity index (χ3v) is 4.09. The Balaban J connectivity index is 0.00000211. The number of rotatable bonds is 9. The third kappa shape index (κ3) is 8.18. The zero-order valence-electron chi connectivity index (χ0n) is 14.9. The molecule has 22 heavy (non-hydrogen) atoms. The van der Waals surface area contributed by atoms with Crippen LogP contribution in [0.5, 0.6) is 0 Å². The molecule has 126 valence electrons. The van der Waals surface area contributed by atoms with Crippen molar-refractivity contribution in [2.75, 3.05) is 7.05 Å². The summed E-state index contributed by atoms with van der Waals surface area (Å²) in [5, 5.41) is 0. The third-order valence-electron chi connectivity index (χ3n) is 4.09. The van der Waals surface area contributed by atoms with Gasteiger partial charge in [-0.3, -0.25) is 4.99 Å². The molecule has 1 aromatic carbocycles. The van der Waals surface area contributed by atoms with Crippen LogP contribution in [0.1, 0.15) is 64.0 Å². The smallest absolute Gasteiger partial charge is 0.0801 e. The van der Waals surface area contributed by atoms with E-state index < -0.39 is 0 Å². The van der Waals surface area contributed by atoms with Crippen molar-refractivity contribution in [2.45, 2.75) is 65.8 Å². The van der Waals surface area contributed by atoms with Gasteiger partial charge in [0.1, 0.15) is 0 Å². The lowest BCUT2D eigenvalue weighted by atomic mass is 9.77. The van der Waals surface area contributed by atoms with Crippen LogP contribution in [0.25, 0.3) is 0 Å². The molecule has 0 saturated heterocycles. The molecule has 0 aromatic heterocycles. The molecule has 4 N–H and O–H groups in total. The highest BCUT2D eigenvalue weighted by molar-refractivity contribution is 5.51. The van der Waals surface area contributed by atoms with Gasteiger partial charge in [0.05, 0.1) is 12.9 Å². The fourth-order valence-electron chi connectivity index (χ4n) is 3.07. The monoisotopic (exact) mass is 305 g/mol. The molecule has 1 rings (SSSR count). The van der Waals surface area contributed by atoms with Crippen LogP contribution in [0.15, 0.2) is 29.3 Å². The SMILES string of the molecule is CCCC(C)(CCC)CCc1cccc(CN=CN)c1.CN. The highest BCUT2D eigenvalue weighted by Crippen LogP contribution is 2.34. The second-order valence-electron chi connectivity index (χ2n) is 6.12. The second kappa shape index (κ2) is 12.2. The second-order valence-corrected chi connectivity index (χ2v) is 6.12. The Bertz CT molecular complexity index is 407. The fraction of sp³-hybridized carbons (Fsp3) is 0.632. The average molecular weight is 306 g/mol. The van der Waals surface area contributed by atoms with Gasteiger partial charge in [-0.25, -0.2) is 0 Å². The molecular weight excluding hydrogens is 270 g/mol. The van der Waals surface area contributed by atoms with Gasteiger partial charge >= 0.3 is 0 Å². The van der Waals surface area contributed by atoms with E-state index in [2.05, 4.69) is 55.8 Å². The number of aryl methyl sites for hydroxylation is 1. The van der Waals surface area contributed by atoms with Gasteiger partial charge in [-0.05, 0) is 49.3 Å². The Labute approximate surface area is 137 Å². The van der Waals surface area contributed by atoms with Gasteiger partial charge in [0.2, 0.25) is 0 Å². The molecular formula is C19H35N3. The van der Waals surface area contributed by atoms with E-state index >= 15 is 0 Å². The number of hydrogen-bond donors (Lipinski definition) is 2. The lowest BCUT2D eigenvalue weighted by Gasteiger charge is -2.29. The van der Waals surface area contributed by atoms with E-state index in [4.69, 9.17) is 5.73 Å². The summed E-state index contributed by atoms with van der Waals surface area (Å²) >= 11 is 0. The Hall–Kier alpha value is -1.35. The molecule has 0 heterocycles. The van der Waals surface area contributed by atoms with Crippen molar-refractivity contribution in [2.24, 2.45) is 21.9 Å². The summed E-state index contributed by atoms with van der Waals surface area (Å²) in [5.74, 6) is 0. The molecule has 0 spiro atoms. The van der Waals surface area contributed by atoms with Crippen molar-refractivity contribution in [3.63, 3.8) is 0 Å². The van der Waals surface area contributed by atoms with Crippen molar-refractivity contribution in [3.8, 4) is 0 Å². The standard InChI is InChI=1S/C18H30N2.CH5N/c1-4-10-18(3,11-5-2)12-9-16-7-6-8-17(13-16)14-20-15-19;1-2/h6-8,13,15H,4-5,9-12,14H2,1-3H3,(H2,19,20);2H2,1H3. The lowest BCUT2D eigenvalue weighted by Crippen LogP contribution is -2.17. The highest BCUT2D eigenvalue weighted by atomic mass is 14.8. The summed E-state index contributed by atoms with van der Waals surface area (Å²) in [6.07, 6.45) is 9.04. The molecule has 0 fully saturated rings. The molecule has 0 unspecified atom stereocenters. The largest absolute Gasteiger partial charge is 0.390 e. The van der Waals surface area contributed by atoms with E-state index in [1.54, 1.807) is 0 Å². The number of benzene rings is 1. The predicted molar refractivity (Wildman–Crippen MR) is 99.2 cm³/mol. The normalized spacial score (nSPS) is 11.3. The zero-order valence-corrected chi connectivity index (χ0v) is 14.9. The Morgan fingerprint density at radius 1 is 1.05 bits per heavy atom. The minimum Gasteiger partial charge on any atom is -0.390 e. The van der Waals surface area contributed by atoms with E-state index in [-0.39, 0.29) is 0 Å². The highest BCUT2D eigenvalue weighted by Gasteiger charge is 2.21. The van der Waals surface area contributed by atoms with E-state index in [1.807, 2.05) is 0 Å². The summed E-state index contributed by atoms with van der Waals surface area (Å²) in [4.78, 5) is 4.10. The molecule has 0 saturated carbocycles. The van der Waals surface area contributed by atoms with Gasteiger partial charge < -0.3 is 11.5 Å². The van der Waals surface area contributed by atoms with Gasteiger partial charge in [0, 0.05) is 0 Å². The van der Waals surface area contributed by atoms with Crippen LogP contribution >= 0.6 is 0 Å². The van der Waals surface area contributed by atoms with Crippen LogP contribution in [0.4, 0.5) is 0 Å². The van der Waals surface area contributed by atoms with Crippen molar-refractivity contribution in [3.05, 3.63) is 35.4 Å². The molecule has 0 aliphatic rings. The van der Waals surface area contributed by atoms with Crippen LogP contribution in [-0.4, -0.2) is 13.4 Å². The van der Waals surface area contributed by atoms with Crippen LogP contribution in [-0.2, 0) is 13.0 Å². The summed E-state index contributed by atoms with van der Waals surface area (Å²) in [6, 6.07) is 8.75. The first-order valence-corrected chi connectivity index (χ1v) is 8.49. The van der Waals surface area contributed by atoms with Crippen LogP contribution < -0.4 is 11.5 Å². The average Bonchev–Trinajstić information content (AvgIpc) is 2.54. The molecule has 3 heteroatoms. The van der Waals surface area contributed by atoms with Crippen LogP contribution in [0, 0.1) is 5.41 Å². The first-order valence-electron chi connectivity index (χ1n) is 8.49. The summed E-state index contributed by atoms with van der Waals surface area (Å²) < 4.78 is 0. The summed E-state index contributed by atoms with van der Waals surface area (Å²) in [6.45, 7) is 7.72. The van der Waals surface area contributed by atoms with Gasteiger partial charge in [0.15, 0.2) is 0 Å². The summed E-state index contributed by atoms with van der Waals surface area (Å²) in [7, 11) is 1.50. The lowest BCUT2D eigenvalue weighted by molar-refractivity contribution is 0.244. The predicted octanol–water partition coefficient (Wildman–Crippen LogP) is 4.29. The molecule has 1 aromatic rings. The molecule has 0 radical (unpaired) electrons. The number of hydrogen-bond acceptors (Lipinski definition) is 2. The van der Waals surface area contributed by atoms with Gasteiger partial charge in [-0.15, -0.1) is 0 Å². The Morgan fingerprint density at radius 3 is 2.18 bits per heavy atom. The van der Waals surface area contributed by atoms with Gasteiger partial charge in [-0.2, -0.15) is 0 Å². The maximum absolute atomic E-state index is 5.31. The number of nitrogens with zero attached hydrogens (tertiary/aromatic N) is 1. The molecule has 3 nitrogen and oxygen atoms in total. The number of aliphatic imine (C=N–C) groups is 1. The van der Waals surface area contributed by atoms with Crippen LogP contribution in [0.3, 0.4) is 0 Å². The Kier molecular flexibility index (Phi) is 11.5. The maximum Gasteiger partial charge on any atom is 0.0801 e. The van der Waals surface area contributed by atoms with Crippen molar-refractivity contribution < 1.29 is 0 Å². The minimum atomic E-state index is 0.495. The van der Waals surface area contributed by atoms with E-state index in [9.17, 15) is 0 Å². The van der Waals surface area contributed by atoms with Gasteiger partial charge in [0.25, 0.3) is 0 Å². The van der Waals surface area contributed by atoms with Gasteiger partial charge in [-0.1, -0.05) is 57.9 Å². The minimum absolute atomic E-state index is 0.495. The number of nitrogens with two attached hydrogens (primary N) is 2. The Morgan fingerprint density at radius 2 is 1.64 bits per heavy atom. The molecule has 0 bridgehead atoms. The topological polar surface area (TPSA) is 64.4 Å². The molecule has 0 amide bonds. The first kappa shape index (κ1) is 20.6. The zero-order chi connectivity index (χ0) is 16.8. The maximum atomic E-state index is 5.31. The van der Waals surface area contributed by atoms with Crippen LogP contribution in [0.2, 0.25) is 0 Å².